The van der Waals surface area contributed by atoms with Crippen LogP contribution in [-0.4, -0.2) is 20.9 Å². The van der Waals surface area contributed by atoms with Gasteiger partial charge in [-0.15, -0.1) is 0 Å². The Morgan fingerprint density at radius 1 is 1.07 bits per heavy atom. The molecule has 28 heavy (non-hydrogen) atoms. The van der Waals surface area contributed by atoms with Crippen molar-refractivity contribution in [1.29, 1.82) is 0 Å². The van der Waals surface area contributed by atoms with Crippen LogP contribution < -0.4 is 16.4 Å². The van der Waals surface area contributed by atoms with Crippen LogP contribution in [-0.2, 0) is 12.7 Å². The number of nitrogens with one attached hydrogen (secondary N) is 2. The third-order valence-corrected chi connectivity index (χ3v) is 3.70. The number of nitrogens with zero attached hydrogens (tertiary/aromatic N) is 3. The molecule has 0 saturated carbocycles. The lowest BCUT2D eigenvalue weighted by molar-refractivity contribution is -0.137. The average molecular weight is 388 g/mol. The van der Waals surface area contributed by atoms with E-state index in [2.05, 4.69) is 25.6 Å². The summed E-state index contributed by atoms with van der Waals surface area (Å²) in [5.74, 6) is -0.282. The van der Waals surface area contributed by atoms with Gasteiger partial charge in [0.05, 0.1) is 23.5 Å². The van der Waals surface area contributed by atoms with E-state index in [4.69, 9.17) is 5.73 Å². The number of halogens is 3. The van der Waals surface area contributed by atoms with Crippen molar-refractivity contribution in [3.05, 3.63) is 71.9 Å². The zero-order valence-corrected chi connectivity index (χ0v) is 14.4. The van der Waals surface area contributed by atoms with Gasteiger partial charge in [0, 0.05) is 24.3 Å². The maximum Gasteiger partial charge on any atom is 0.417 e. The highest BCUT2D eigenvalue weighted by Gasteiger charge is 2.30. The number of rotatable bonds is 5. The molecule has 3 aromatic heterocycles. The fourth-order valence-corrected chi connectivity index (χ4v) is 2.30. The van der Waals surface area contributed by atoms with Crippen molar-refractivity contribution < 1.29 is 18.0 Å². The van der Waals surface area contributed by atoms with E-state index in [0.717, 1.165) is 12.1 Å². The molecule has 0 aliphatic heterocycles. The maximum absolute atomic E-state index is 12.6. The lowest BCUT2D eigenvalue weighted by Gasteiger charge is -2.10. The molecule has 0 unspecified atom stereocenters. The first-order chi connectivity index (χ1) is 13.3. The van der Waals surface area contributed by atoms with Crippen LogP contribution >= 0.6 is 0 Å². The lowest BCUT2D eigenvalue weighted by atomic mass is 10.2. The molecule has 3 heterocycles. The Morgan fingerprint density at radius 3 is 2.57 bits per heavy atom. The summed E-state index contributed by atoms with van der Waals surface area (Å²) in [6, 6.07) is 8.52. The van der Waals surface area contributed by atoms with Gasteiger partial charge in [-0.25, -0.2) is 4.98 Å². The minimum Gasteiger partial charge on any atom is -0.382 e. The van der Waals surface area contributed by atoms with Crippen molar-refractivity contribution >= 4 is 23.1 Å². The van der Waals surface area contributed by atoms with Crippen LogP contribution in [0.5, 0.6) is 0 Å². The standard InChI is InChI=1S/C18H15F3N6O/c19-18(20,21)11-3-4-15(25-9-11)17(28)27-12-5-7-23-13(8-12)10-26-14-2-1-6-24-16(14)22/h1-9,26H,10H2,(H2,22,24)(H,23,27,28). The largest absolute Gasteiger partial charge is 0.417 e. The number of carbonyl (C=O) groups is 1. The third-order valence-electron chi connectivity index (χ3n) is 3.70. The molecule has 3 aromatic rings. The van der Waals surface area contributed by atoms with Crippen molar-refractivity contribution in [3.8, 4) is 0 Å². The number of anilines is 3. The number of nitrogens with two attached hydrogens (primary N) is 1. The van der Waals surface area contributed by atoms with Gasteiger partial charge in [0.25, 0.3) is 5.91 Å². The summed E-state index contributed by atoms with van der Waals surface area (Å²) in [4.78, 5) is 23.9. The molecule has 4 N–H and O–H groups in total. The molecule has 0 aliphatic carbocycles. The number of carbonyl (C=O) groups excluding carboxylic acids is 1. The smallest absolute Gasteiger partial charge is 0.382 e. The van der Waals surface area contributed by atoms with Crippen molar-refractivity contribution in [1.82, 2.24) is 15.0 Å². The number of hydrogen-bond donors (Lipinski definition) is 3. The van der Waals surface area contributed by atoms with Gasteiger partial charge in [-0.05, 0) is 36.4 Å². The second kappa shape index (κ2) is 7.91. The number of pyridine rings is 3. The fourth-order valence-electron chi connectivity index (χ4n) is 2.30. The molecule has 0 fully saturated rings. The van der Waals surface area contributed by atoms with Crippen LogP contribution in [0.25, 0.3) is 0 Å². The van der Waals surface area contributed by atoms with E-state index in [1.54, 1.807) is 30.5 Å². The van der Waals surface area contributed by atoms with E-state index in [1.807, 2.05) is 0 Å². The van der Waals surface area contributed by atoms with Crippen molar-refractivity contribution in [2.45, 2.75) is 12.7 Å². The highest BCUT2D eigenvalue weighted by molar-refractivity contribution is 6.02. The van der Waals surface area contributed by atoms with E-state index in [1.165, 1.54) is 6.20 Å². The Balaban J connectivity index is 1.65. The van der Waals surface area contributed by atoms with E-state index in [9.17, 15) is 18.0 Å². The van der Waals surface area contributed by atoms with Gasteiger partial charge in [-0.3, -0.25) is 14.8 Å². The molecule has 3 rings (SSSR count). The molecule has 10 heteroatoms. The Labute approximate surface area is 157 Å². The summed E-state index contributed by atoms with van der Waals surface area (Å²) >= 11 is 0. The monoisotopic (exact) mass is 388 g/mol. The summed E-state index contributed by atoms with van der Waals surface area (Å²) in [5.41, 5.74) is 6.39. The molecular weight excluding hydrogens is 373 g/mol. The SMILES string of the molecule is Nc1ncccc1NCc1cc(NC(=O)c2ccc(C(F)(F)F)cn2)ccn1. The summed E-state index contributed by atoms with van der Waals surface area (Å²) < 4.78 is 37.7. The van der Waals surface area contributed by atoms with Crippen LogP contribution in [0.4, 0.5) is 30.4 Å². The summed E-state index contributed by atoms with van der Waals surface area (Å²) in [6.07, 6.45) is -0.814. The first kappa shape index (κ1) is 19.1. The molecule has 0 spiro atoms. The predicted molar refractivity (Wildman–Crippen MR) is 97.4 cm³/mol. The van der Waals surface area contributed by atoms with Crippen LogP contribution in [0.2, 0.25) is 0 Å². The van der Waals surface area contributed by atoms with Crippen molar-refractivity contribution in [2.24, 2.45) is 0 Å². The highest BCUT2D eigenvalue weighted by atomic mass is 19.4. The Bertz CT molecular complexity index is 976. The molecule has 0 atom stereocenters. The minimum atomic E-state index is -4.51. The van der Waals surface area contributed by atoms with Crippen LogP contribution in [0.1, 0.15) is 21.7 Å². The highest BCUT2D eigenvalue weighted by Crippen LogP contribution is 2.28. The van der Waals surface area contributed by atoms with E-state index in [0.29, 0.717) is 35.6 Å². The van der Waals surface area contributed by atoms with Gasteiger partial charge in [0.15, 0.2) is 0 Å². The molecule has 1 amide bonds. The van der Waals surface area contributed by atoms with Crippen LogP contribution in [0, 0.1) is 0 Å². The third kappa shape index (κ3) is 4.72. The summed E-state index contributed by atoms with van der Waals surface area (Å²) in [6.45, 7) is 0.331. The van der Waals surface area contributed by atoms with E-state index >= 15 is 0 Å². The number of aromatic nitrogens is 3. The topological polar surface area (TPSA) is 106 Å². The molecule has 0 saturated heterocycles. The van der Waals surface area contributed by atoms with E-state index in [-0.39, 0.29) is 5.69 Å². The summed E-state index contributed by atoms with van der Waals surface area (Å²) in [7, 11) is 0. The molecule has 0 aliphatic rings. The average Bonchev–Trinajstić information content (AvgIpc) is 2.67. The van der Waals surface area contributed by atoms with Gasteiger partial charge >= 0.3 is 6.18 Å². The quantitative estimate of drug-likeness (QED) is 0.619. The zero-order chi connectivity index (χ0) is 20.1. The Morgan fingerprint density at radius 2 is 1.89 bits per heavy atom. The fraction of sp³-hybridized carbons (Fsp3) is 0.111. The minimum absolute atomic E-state index is 0.132. The van der Waals surface area contributed by atoms with Gasteiger partial charge in [0.1, 0.15) is 11.5 Å². The number of amides is 1. The molecular formula is C18H15F3N6O. The Kier molecular flexibility index (Phi) is 5.39. The Hall–Kier alpha value is -3.69. The maximum atomic E-state index is 12.6. The number of hydrogen-bond acceptors (Lipinski definition) is 6. The molecule has 0 bridgehead atoms. The van der Waals surface area contributed by atoms with Crippen molar-refractivity contribution in [2.75, 3.05) is 16.4 Å². The van der Waals surface area contributed by atoms with Crippen LogP contribution in [0.15, 0.2) is 55.0 Å². The van der Waals surface area contributed by atoms with Crippen LogP contribution in [0.3, 0.4) is 0 Å². The van der Waals surface area contributed by atoms with E-state index < -0.39 is 17.6 Å². The van der Waals surface area contributed by atoms with Gasteiger partial charge in [-0.1, -0.05) is 0 Å². The molecule has 0 aromatic carbocycles. The molecule has 0 radical (unpaired) electrons. The second-order valence-electron chi connectivity index (χ2n) is 5.71. The predicted octanol–water partition coefficient (Wildman–Crippen LogP) is 3.34. The number of nitrogen functional groups attached to an aromatic ring is 1. The first-order valence-electron chi connectivity index (χ1n) is 8.07. The van der Waals surface area contributed by atoms with Crippen molar-refractivity contribution in [3.63, 3.8) is 0 Å². The normalized spacial score (nSPS) is 11.1. The number of alkyl halides is 3. The first-order valence-corrected chi connectivity index (χ1v) is 8.07. The zero-order valence-electron chi connectivity index (χ0n) is 14.4. The second-order valence-corrected chi connectivity index (χ2v) is 5.71. The molecule has 144 valence electrons. The lowest BCUT2D eigenvalue weighted by Crippen LogP contribution is -2.15. The van der Waals surface area contributed by atoms with Gasteiger partial charge < -0.3 is 16.4 Å². The van der Waals surface area contributed by atoms with Gasteiger partial charge in [0.2, 0.25) is 0 Å². The van der Waals surface area contributed by atoms with Gasteiger partial charge in [-0.2, -0.15) is 13.2 Å². The summed E-state index contributed by atoms with van der Waals surface area (Å²) in [5, 5.41) is 5.66. The molecule has 7 nitrogen and oxygen atoms in total.